The van der Waals surface area contributed by atoms with Crippen LogP contribution >= 0.6 is 0 Å². The summed E-state index contributed by atoms with van der Waals surface area (Å²) in [6.45, 7) is 11.1. The zero-order valence-corrected chi connectivity index (χ0v) is 25.5. The van der Waals surface area contributed by atoms with E-state index < -0.39 is 47.3 Å². The molecule has 0 saturated heterocycles. The van der Waals surface area contributed by atoms with Gasteiger partial charge in [-0.2, -0.15) is 0 Å². The third-order valence-corrected chi connectivity index (χ3v) is 6.22. The van der Waals surface area contributed by atoms with E-state index in [1.807, 2.05) is 60.7 Å². The average molecular weight is 584 g/mol. The molecule has 0 spiro atoms. The fourth-order valence-electron chi connectivity index (χ4n) is 4.28. The van der Waals surface area contributed by atoms with Gasteiger partial charge in [-0.15, -0.1) is 0 Å². The van der Waals surface area contributed by atoms with Gasteiger partial charge in [-0.05, 0) is 71.9 Å². The number of rotatable bonds is 13. The predicted octanol–water partition coefficient (Wildman–Crippen LogP) is 5.30. The second-order valence-corrected chi connectivity index (χ2v) is 12.1. The highest BCUT2D eigenvalue weighted by atomic mass is 16.6. The molecule has 0 aliphatic heterocycles. The van der Waals surface area contributed by atoms with Gasteiger partial charge in [0, 0.05) is 18.5 Å². The summed E-state index contributed by atoms with van der Waals surface area (Å²) in [5, 5.41) is 15.2. The fraction of sp³-hybridized carbons (Fsp3) is 0.500. The summed E-state index contributed by atoms with van der Waals surface area (Å²) in [7, 11) is 0. The van der Waals surface area contributed by atoms with Crippen LogP contribution < -0.4 is 10.6 Å². The number of alkyl carbamates (subject to hydrolysis) is 1. The van der Waals surface area contributed by atoms with Crippen molar-refractivity contribution >= 4 is 24.1 Å². The van der Waals surface area contributed by atoms with Crippen LogP contribution in [0.15, 0.2) is 60.7 Å². The number of carbonyl (C=O) groups is 4. The Hall–Kier alpha value is -4.08. The van der Waals surface area contributed by atoms with E-state index >= 15 is 0 Å². The minimum atomic E-state index is -1.18. The molecule has 230 valence electrons. The van der Waals surface area contributed by atoms with Gasteiger partial charge in [-0.1, -0.05) is 60.7 Å². The van der Waals surface area contributed by atoms with E-state index in [0.717, 1.165) is 11.1 Å². The van der Waals surface area contributed by atoms with Crippen molar-refractivity contribution in [1.29, 1.82) is 0 Å². The van der Waals surface area contributed by atoms with Gasteiger partial charge in [0.1, 0.15) is 24.3 Å². The quantitative estimate of drug-likeness (QED) is 0.273. The summed E-state index contributed by atoms with van der Waals surface area (Å²) in [5.74, 6) is -1.77. The molecular weight excluding hydrogens is 538 g/mol. The number of ether oxygens (including phenoxy) is 2. The van der Waals surface area contributed by atoms with Crippen molar-refractivity contribution < 1.29 is 33.8 Å². The van der Waals surface area contributed by atoms with Crippen molar-refractivity contribution in [2.24, 2.45) is 0 Å². The van der Waals surface area contributed by atoms with Gasteiger partial charge >= 0.3 is 18.2 Å². The first-order chi connectivity index (χ1) is 19.7. The molecule has 0 unspecified atom stereocenters. The topological polar surface area (TPSA) is 134 Å². The molecule has 0 aliphatic carbocycles. The first kappa shape index (κ1) is 34.1. The molecule has 3 N–H and O–H groups in total. The van der Waals surface area contributed by atoms with E-state index in [2.05, 4.69) is 10.6 Å². The van der Waals surface area contributed by atoms with Crippen molar-refractivity contribution in [3.8, 4) is 0 Å². The Labute approximate surface area is 248 Å². The summed E-state index contributed by atoms with van der Waals surface area (Å²) < 4.78 is 10.8. The van der Waals surface area contributed by atoms with Gasteiger partial charge < -0.3 is 25.2 Å². The third-order valence-electron chi connectivity index (χ3n) is 6.22. The standard InChI is InChI=1S/C32H45N3O7/c1-31(2,3)35(30(40)42-32(4,5)6)26(21-23-15-9-7-10-16-23)27(36)34-25(28(37)38)19-13-14-20-33-29(39)41-22-24-17-11-8-12-18-24/h7-12,15-18,25-26H,13-14,19-22H2,1-6H3,(H,33,39)(H,34,36)(H,37,38)/t25-,26-/m0/s1. The third kappa shape index (κ3) is 12.2. The number of unbranched alkanes of at least 4 members (excludes halogenated alkanes) is 1. The van der Waals surface area contributed by atoms with Crippen molar-refractivity contribution in [2.75, 3.05) is 6.54 Å². The maximum Gasteiger partial charge on any atom is 0.411 e. The van der Waals surface area contributed by atoms with E-state index in [-0.39, 0.29) is 19.4 Å². The zero-order chi connectivity index (χ0) is 31.3. The number of carbonyl (C=O) groups excluding carboxylic acids is 3. The Morgan fingerprint density at radius 2 is 1.43 bits per heavy atom. The number of nitrogens with zero attached hydrogens (tertiary/aromatic N) is 1. The van der Waals surface area contributed by atoms with Crippen LogP contribution in [0.2, 0.25) is 0 Å². The van der Waals surface area contributed by atoms with Crippen LogP contribution in [0.1, 0.15) is 71.9 Å². The lowest BCUT2D eigenvalue weighted by molar-refractivity contribution is -0.143. The molecule has 0 saturated carbocycles. The molecule has 2 rings (SSSR count). The van der Waals surface area contributed by atoms with Crippen LogP contribution in [0.3, 0.4) is 0 Å². The van der Waals surface area contributed by atoms with Crippen LogP contribution in [0, 0.1) is 0 Å². The summed E-state index contributed by atoms with van der Waals surface area (Å²) in [4.78, 5) is 52.5. The van der Waals surface area contributed by atoms with Gasteiger partial charge in [0.15, 0.2) is 0 Å². The second-order valence-electron chi connectivity index (χ2n) is 12.1. The zero-order valence-electron chi connectivity index (χ0n) is 25.5. The lowest BCUT2D eigenvalue weighted by Gasteiger charge is -2.41. The molecule has 10 nitrogen and oxygen atoms in total. The lowest BCUT2D eigenvalue weighted by atomic mass is 9.97. The Balaban J connectivity index is 2.04. The molecule has 0 radical (unpaired) electrons. The van der Waals surface area contributed by atoms with E-state index in [9.17, 15) is 24.3 Å². The van der Waals surface area contributed by atoms with Crippen LogP contribution in [-0.4, -0.2) is 63.8 Å². The summed E-state index contributed by atoms with van der Waals surface area (Å²) in [6.07, 6.45) is -0.00105. The van der Waals surface area contributed by atoms with Gasteiger partial charge in [-0.25, -0.2) is 14.4 Å². The first-order valence-electron chi connectivity index (χ1n) is 14.2. The highest BCUT2D eigenvalue weighted by Gasteiger charge is 2.40. The molecule has 0 aliphatic rings. The first-order valence-corrected chi connectivity index (χ1v) is 14.2. The minimum absolute atomic E-state index is 0.141. The van der Waals surface area contributed by atoms with Crippen molar-refractivity contribution in [2.45, 2.75) is 97.1 Å². The highest BCUT2D eigenvalue weighted by molar-refractivity contribution is 5.89. The summed E-state index contributed by atoms with van der Waals surface area (Å²) in [6, 6.07) is 16.3. The molecule has 0 fully saturated rings. The normalized spacial score (nSPS) is 12.9. The molecule has 0 bridgehead atoms. The van der Waals surface area contributed by atoms with Crippen LogP contribution in [0.5, 0.6) is 0 Å². The molecule has 2 atom stereocenters. The minimum Gasteiger partial charge on any atom is -0.480 e. The largest absolute Gasteiger partial charge is 0.480 e. The number of amides is 3. The molecular formula is C32H45N3O7. The fourth-order valence-corrected chi connectivity index (χ4v) is 4.28. The molecule has 10 heteroatoms. The van der Waals surface area contributed by atoms with Crippen LogP contribution in [0.4, 0.5) is 9.59 Å². The maximum atomic E-state index is 13.7. The average Bonchev–Trinajstić information content (AvgIpc) is 2.90. The molecule has 42 heavy (non-hydrogen) atoms. The van der Waals surface area contributed by atoms with Crippen molar-refractivity contribution in [1.82, 2.24) is 15.5 Å². The predicted molar refractivity (Wildman–Crippen MR) is 160 cm³/mol. The molecule has 0 aromatic heterocycles. The molecule has 0 heterocycles. The molecule has 2 aromatic rings. The smallest absolute Gasteiger partial charge is 0.411 e. The van der Waals surface area contributed by atoms with Crippen molar-refractivity contribution in [3.63, 3.8) is 0 Å². The maximum absolute atomic E-state index is 13.7. The van der Waals surface area contributed by atoms with Crippen LogP contribution in [-0.2, 0) is 32.1 Å². The molecule has 2 aromatic carbocycles. The van der Waals surface area contributed by atoms with Gasteiger partial charge in [0.05, 0.1) is 0 Å². The lowest BCUT2D eigenvalue weighted by Crippen LogP contribution is -2.60. The Kier molecular flexibility index (Phi) is 12.8. The van der Waals surface area contributed by atoms with E-state index in [1.165, 1.54) is 4.90 Å². The summed E-state index contributed by atoms with van der Waals surface area (Å²) >= 11 is 0. The number of hydrogen-bond donors (Lipinski definition) is 3. The van der Waals surface area contributed by atoms with Gasteiger partial charge in [0.25, 0.3) is 0 Å². The van der Waals surface area contributed by atoms with Crippen LogP contribution in [0.25, 0.3) is 0 Å². The van der Waals surface area contributed by atoms with E-state index in [4.69, 9.17) is 9.47 Å². The second kappa shape index (κ2) is 15.8. The van der Waals surface area contributed by atoms with Crippen molar-refractivity contribution in [3.05, 3.63) is 71.8 Å². The SMILES string of the molecule is CC(C)(C)OC(=O)N([C@@H](Cc1ccccc1)C(=O)N[C@@H](CCCCNC(=O)OCc1ccccc1)C(=O)O)C(C)(C)C. The highest BCUT2D eigenvalue weighted by Crippen LogP contribution is 2.24. The van der Waals surface area contributed by atoms with Gasteiger partial charge in [0.2, 0.25) is 5.91 Å². The number of carboxylic acids is 1. The number of nitrogens with one attached hydrogen (secondary N) is 2. The Bertz CT molecular complexity index is 1160. The monoisotopic (exact) mass is 583 g/mol. The number of carboxylic acid groups (broad SMARTS) is 1. The van der Waals surface area contributed by atoms with E-state index in [0.29, 0.717) is 19.4 Å². The number of hydrogen-bond acceptors (Lipinski definition) is 6. The van der Waals surface area contributed by atoms with Gasteiger partial charge in [-0.3, -0.25) is 9.69 Å². The Morgan fingerprint density at radius 1 is 0.857 bits per heavy atom. The molecule has 3 amide bonds. The van der Waals surface area contributed by atoms with E-state index in [1.54, 1.807) is 41.5 Å². The number of benzene rings is 2. The Morgan fingerprint density at radius 3 is 1.95 bits per heavy atom. The summed E-state index contributed by atoms with van der Waals surface area (Å²) in [5.41, 5.74) is 0.0843. The number of aliphatic carboxylic acids is 1.